The van der Waals surface area contributed by atoms with Crippen LogP contribution in [0.4, 0.5) is 10.1 Å². The van der Waals surface area contributed by atoms with Crippen LogP contribution in [-0.4, -0.2) is 70.2 Å². The van der Waals surface area contributed by atoms with Crippen LogP contribution < -0.4 is 4.90 Å². The van der Waals surface area contributed by atoms with Gasteiger partial charge in [0.2, 0.25) is 0 Å². The molecule has 2 heterocycles. The summed E-state index contributed by atoms with van der Waals surface area (Å²) >= 11 is 0. The molecule has 2 aliphatic heterocycles. The number of hydrogen-bond acceptors (Lipinski definition) is 4. The molecule has 0 bridgehead atoms. The monoisotopic (exact) mass is 289 g/mol. The lowest BCUT2D eigenvalue weighted by molar-refractivity contribution is 0.122. The molecule has 0 spiro atoms. The van der Waals surface area contributed by atoms with E-state index in [4.69, 9.17) is 12.7 Å². The largest absolute Gasteiger partial charge is 0.378 e. The number of para-hydroxylation sites is 1. The SMILES string of the molecule is [B]N1CCN(Cc2cccc(F)c2N2CCOCC2)CC1. The molecule has 0 unspecified atom stereocenters. The predicted molar refractivity (Wildman–Crippen MR) is 82.0 cm³/mol. The Morgan fingerprint density at radius 3 is 2.48 bits per heavy atom. The normalized spacial score (nSPS) is 21.7. The molecule has 0 aliphatic carbocycles. The average Bonchev–Trinajstić information content (AvgIpc) is 2.51. The van der Waals surface area contributed by atoms with Crippen LogP contribution in [0.5, 0.6) is 0 Å². The maximum absolute atomic E-state index is 14.3. The van der Waals surface area contributed by atoms with Crippen LogP contribution in [0.15, 0.2) is 18.2 Å². The van der Waals surface area contributed by atoms with E-state index in [1.807, 2.05) is 10.9 Å². The number of anilines is 1. The molecule has 6 heteroatoms. The van der Waals surface area contributed by atoms with Gasteiger partial charge in [0.05, 0.1) is 18.9 Å². The van der Waals surface area contributed by atoms with Gasteiger partial charge in [-0.3, -0.25) is 4.90 Å². The first-order chi connectivity index (χ1) is 10.2. The second kappa shape index (κ2) is 6.77. The van der Waals surface area contributed by atoms with Crippen molar-refractivity contribution in [3.63, 3.8) is 0 Å². The molecule has 0 saturated carbocycles. The first-order valence-corrected chi connectivity index (χ1v) is 7.56. The van der Waals surface area contributed by atoms with E-state index < -0.39 is 0 Å². The number of rotatable bonds is 3. The van der Waals surface area contributed by atoms with E-state index in [-0.39, 0.29) is 5.82 Å². The number of piperazine rings is 1. The summed E-state index contributed by atoms with van der Waals surface area (Å²) in [6, 6.07) is 5.38. The highest BCUT2D eigenvalue weighted by atomic mass is 19.1. The van der Waals surface area contributed by atoms with E-state index in [1.165, 1.54) is 0 Å². The molecule has 1 aromatic rings. The Balaban J connectivity index is 1.76. The Bertz CT molecular complexity index is 474. The molecule has 2 radical (unpaired) electrons. The Hall–Kier alpha value is -1.11. The fourth-order valence-electron chi connectivity index (χ4n) is 2.99. The summed E-state index contributed by atoms with van der Waals surface area (Å²) in [5, 5.41) is 0. The molecule has 2 saturated heterocycles. The van der Waals surface area contributed by atoms with Gasteiger partial charge < -0.3 is 14.4 Å². The fraction of sp³-hybridized carbons (Fsp3) is 0.600. The molecule has 0 N–H and O–H groups in total. The van der Waals surface area contributed by atoms with Crippen LogP contribution in [0.1, 0.15) is 5.56 Å². The topological polar surface area (TPSA) is 19.0 Å². The van der Waals surface area contributed by atoms with Crippen LogP contribution in [0.2, 0.25) is 0 Å². The van der Waals surface area contributed by atoms with Crippen LogP contribution in [0, 0.1) is 5.82 Å². The number of ether oxygens (including phenoxy) is 1. The Kier molecular flexibility index (Phi) is 4.78. The molecule has 0 atom stereocenters. The van der Waals surface area contributed by atoms with Gasteiger partial charge >= 0.3 is 0 Å². The van der Waals surface area contributed by atoms with E-state index in [1.54, 1.807) is 12.1 Å². The van der Waals surface area contributed by atoms with Gasteiger partial charge in [-0.1, -0.05) is 12.1 Å². The second-order valence-corrected chi connectivity index (χ2v) is 5.66. The van der Waals surface area contributed by atoms with Crippen LogP contribution >= 0.6 is 0 Å². The van der Waals surface area contributed by atoms with Gasteiger partial charge in [-0.15, -0.1) is 0 Å². The van der Waals surface area contributed by atoms with E-state index in [0.29, 0.717) is 13.2 Å². The summed E-state index contributed by atoms with van der Waals surface area (Å²) in [5.41, 5.74) is 1.80. The molecule has 4 nitrogen and oxygen atoms in total. The van der Waals surface area contributed by atoms with Gasteiger partial charge in [0.25, 0.3) is 0 Å². The van der Waals surface area contributed by atoms with Crippen molar-refractivity contribution in [3.8, 4) is 0 Å². The molecule has 0 aromatic heterocycles. The van der Waals surface area contributed by atoms with Crippen molar-refractivity contribution in [2.45, 2.75) is 6.54 Å². The van der Waals surface area contributed by atoms with E-state index in [2.05, 4.69) is 9.80 Å². The summed E-state index contributed by atoms with van der Waals surface area (Å²) in [6.07, 6.45) is 0. The third-order valence-corrected chi connectivity index (χ3v) is 4.20. The molecule has 2 aliphatic rings. The molecule has 21 heavy (non-hydrogen) atoms. The maximum atomic E-state index is 14.3. The molecule has 112 valence electrons. The van der Waals surface area contributed by atoms with Crippen molar-refractivity contribution in [1.82, 2.24) is 9.71 Å². The molecular formula is C15H21BFN3O. The molecule has 0 amide bonds. The Morgan fingerprint density at radius 1 is 1.05 bits per heavy atom. The third kappa shape index (κ3) is 3.57. The lowest BCUT2D eigenvalue weighted by Gasteiger charge is -2.35. The van der Waals surface area contributed by atoms with Gasteiger partial charge in [0.1, 0.15) is 5.82 Å². The predicted octanol–water partition coefficient (Wildman–Crippen LogP) is 0.863. The fourth-order valence-corrected chi connectivity index (χ4v) is 2.99. The second-order valence-electron chi connectivity index (χ2n) is 5.66. The van der Waals surface area contributed by atoms with Crippen LogP contribution in [0.3, 0.4) is 0 Å². The van der Waals surface area contributed by atoms with E-state index >= 15 is 0 Å². The minimum Gasteiger partial charge on any atom is -0.378 e. The first-order valence-electron chi connectivity index (χ1n) is 7.56. The minimum absolute atomic E-state index is 0.133. The zero-order chi connectivity index (χ0) is 14.7. The summed E-state index contributed by atoms with van der Waals surface area (Å²) in [4.78, 5) is 6.28. The zero-order valence-electron chi connectivity index (χ0n) is 12.3. The minimum atomic E-state index is -0.133. The van der Waals surface area contributed by atoms with Gasteiger partial charge in [-0.2, -0.15) is 0 Å². The summed E-state index contributed by atoms with van der Waals surface area (Å²) in [5.74, 6) is -0.133. The number of hydrogen-bond donors (Lipinski definition) is 0. The van der Waals surface area contributed by atoms with Crippen molar-refractivity contribution in [3.05, 3.63) is 29.6 Å². The molecule has 2 fully saturated rings. The van der Waals surface area contributed by atoms with E-state index in [0.717, 1.165) is 57.1 Å². The van der Waals surface area contributed by atoms with Crippen molar-refractivity contribution in [1.29, 1.82) is 0 Å². The Morgan fingerprint density at radius 2 is 1.76 bits per heavy atom. The molecule has 3 rings (SSSR count). The highest BCUT2D eigenvalue weighted by Crippen LogP contribution is 2.26. The maximum Gasteiger partial charge on any atom is 0.182 e. The van der Waals surface area contributed by atoms with E-state index in [9.17, 15) is 4.39 Å². The molecular weight excluding hydrogens is 268 g/mol. The summed E-state index contributed by atoms with van der Waals surface area (Å²) in [6.45, 7) is 7.20. The number of nitrogens with zero attached hydrogens (tertiary/aromatic N) is 3. The van der Waals surface area contributed by atoms with Gasteiger partial charge in [-0.25, -0.2) is 4.39 Å². The summed E-state index contributed by atoms with van der Waals surface area (Å²) < 4.78 is 19.7. The standard InChI is InChI=1S/C15H21BFN3O/c16-20-6-4-18(5-7-20)12-13-2-1-3-14(17)15(13)19-8-10-21-11-9-19/h1-3H,4-12H2. The highest BCUT2D eigenvalue weighted by molar-refractivity contribution is 6.04. The van der Waals surface area contributed by atoms with Crippen LogP contribution in [0.25, 0.3) is 0 Å². The Labute approximate surface area is 126 Å². The average molecular weight is 289 g/mol. The third-order valence-electron chi connectivity index (χ3n) is 4.20. The number of halogens is 1. The van der Waals surface area contributed by atoms with Crippen molar-refractivity contribution in [2.24, 2.45) is 0 Å². The first kappa shape index (κ1) is 14.8. The van der Waals surface area contributed by atoms with Crippen molar-refractivity contribution < 1.29 is 9.13 Å². The van der Waals surface area contributed by atoms with Crippen LogP contribution in [-0.2, 0) is 11.3 Å². The lowest BCUT2D eigenvalue weighted by atomic mass is 10.1. The van der Waals surface area contributed by atoms with Gasteiger partial charge in [0, 0.05) is 32.7 Å². The van der Waals surface area contributed by atoms with Gasteiger partial charge in [-0.05, 0) is 24.7 Å². The quantitative estimate of drug-likeness (QED) is 0.768. The lowest BCUT2D eigenvalue weighted by Crippen LogP contribution is -2.45. The molecule has 1 aromatic carbocycles. The summed E-state index contributed by atoms with van der Waals surface area (Å²) in [7, 11) is 5.79. The number of benzene rings is 1. The van der Waals surface area contributed by atoms with Gasteiger partial charge in [0.15, 0.2) is 7.98 Å². The number of morpholine rings is 1. The zero-order valence-corrected chi connectivity index (χ0v) is 12.3. The highest BCUT2D eigenvalue weighted by Gasteiger charge is 2.21. The smallest absolute Gasteiger partial charge is 0.182 e. The van der Waals surface area contributed by atoms with Crippen molar-refractivity contribution in [2.75, 3.05) is 57.4 Å². The van der Waals surface area contributed by atoms with Crippen molar-refractivity contribution >= 4 is 13.7 Å².